The van der Waals surface area contributed by atoms with Crippen molar-refractivity contribution in [3.63, 3.8) is 0 Å². The highest BCUT2D eigenvalue weighted by Gasteiger charge is 2.66. The Morgan fingerprint density at radius 2 is 1.78 bits per heavy atom. The normalized spacial score (nSPS) is 13.2. The molecule has 0 saturated heterocycles. The fourth-order valence-electron chi connectivity index (χ4n) is 1.93. The SMILES string of the molecule is COC(=O)C(NC(=O)Nc1ccc(Cl)cn1)(Oc1ccccc1)C(F)(F)F. The number of aromatic nitrogens is 1. The molecule has 0 bridgehead atoms. The summed E-state index contributed by atoms with van der Waals surface area (Å²) in [7, 11) is 0.734. The van der Waals surface area contributed by atoms with Crippen molar-refractivity contribution < 1.29 is 32.2 Å². The molecule has 0 radical (unpaired) electrons. The summed E-state index contributed by atoms with van der Waals surface area (Å²) in [6.07, 6.45) is -4.17. The van der Waals surface area contributed by atoms with E-state index >= 15 is 0 Å². The second-order valence-corrected chi connectivity index (χ2v) is 5.46. The lowest BCUT2D eigenvalue weighted by atomic mass is 10.2. The van der Waals surface area contributed by atoms with Gasteiger partial charge < -0.3 is 9.47 Å². The Morgan fingerprint density at radius 3 is 2.30 bits per heavy atom. The lowest BCUT2D eigenvalue weighted by Crippen LogP contribution is -2.68. The van der Waals surface area contributed by atoms with Gasteiger partial charge in [0.05, 0.1) is 12.1 Å². The molecule has 1 aromatic carbocycles. The maximum atomic E-state index is 13.7. The van der Waals surface area contributed by atoms with Crippen LogP contribution in [-0.2, 0) is 9.53 Å². The minimum atomic E-state index is -5.35. The predicted octanol–water partition coefficient (Wildman–Crippen LogP) is 3.37. The Labute approximate surface area is 156 Å². The standard InChI is InChI=1S/C16H13ClF3N3O4/c1-26-13(24)15(16(18,19)20,27-11-5-3-2-4-6-11)23-14(25)22-12-8-7-10(17)9-21-12/h2-9H,1H3,(H2,21,22,23,25). The van der Waals surface area contributed by atoms with Crippen molar-refractivity contribution in [2.24, 2.45) is 0 Å². The van der Waals surface area contributed by atoms with Gasteiger partial charge in [0.2, 0.25) is 0 Å². The number of para-hydroxylation sites is 1. The van der Waals surface area contributed by atoms with E-state index in [-0.39, 0.29) is 16.6 Å². The van der Waals surface area contributed by atoms with Crippen LogP contribution in [0.5, 0.6) is 5.75 Å². The molecule has 0 saturated carbocycles. The third-order valence-electron chi connectivity index (χ3n) is 3.14. The molecule has 0 fully saturated rings. The van der Waals surface area contributed by atoms with E-state index in [1.165, 1.54) is 54.0 Å². The van der Waals surface area contributed by atoms with Gasteiger partial charge in [0, 0.05) is 6.20 Å². The number of carbonyl (C=O) groups is 2. The smallest absolute Gasteiger partial charge is 0.460 e. The topological polar surface area (TPSA) is 89.5 Å². The van der Waals surface area contributed by atoms with Crippen LogP contribution in [0, 0.1) is 0 Å². The van der Waals surface area contributed by atoms with Gasteiger partial charge in [-0.25, -0.2) is 14.6 Å². The molecule has 11 heteroatoms. The zero-order valence-corrected chi connectivity index (χ0v) is 14.5. The number of carbonyl (C=O) groups excluding carboxylic acids is 2. The summed E-state index contributed by atoms with van der Waals surface area (Å²) in [4.78, 5) is 27.8. The van der Waals surface area contributed by atoms with Gasteiger partial charge in [0.15, 0.2) is 0 Å². The number of nitrogens with one attached hydrogen (secondary N) is 2. The van der Waals surface area contributed by atoms with Crippen LogP contribution in [0.2, 0.25) is 5.02 Å². The molecule has 0 aliphatic heterocycles. The third kappa shape index (κ3) is 4.79. The Kier molecular flexibility index (Phi) is 6.11. The largest absolute Gasteiger partial charge is 0.464 e. The molecule has 1 heterocycles. The van der Waals surface area contributed by atoms with Crippen molar-refractivity contribution in [3.05, 3.63) is 53.7 Å². The summed E-state index contributed by atoms with van der Waals surface area (Å²) in [6, 6.07) is 7.91. The Balaban J connectivity index is 2.34. The number of hydrogen-bond donors (Lipinski definition) is 2. The Morgan fingerprint density at radius 1 is 1.11 bits per heavy atom. The highest BCUT2D eigenvalue weighted by molar-refractivity contribution is 6.30. The summed E-state index contributed by atoms with van der Waals surface area (Å²) in [5.74, 6) is -2.28. The molecule has 2 amide bonds. The molecule has 2 rings (SSSR count). The van der Waals surface area contributed by atoms with Crippen LogP contribution in [-0.4, -0.2) is 36.0 Å². The summed E-state index contributed by atoms with van der Waals surface area (Å²) < 4.78 is 50.3. The summed E-state index contributed by atoms with van der Waals surface area (Å²) in [6.45, 7) is 0. The van der Waals surface area contributed by atoms with E-state index in [0.717, 1.165) is 7.11 Å². The predicted molar refractivity (Wildman–Crippen MR) is 89.3 cm³/mol. The molecule has 0 aliphatic rings. The molecular weight excluding hydrogens is 391 g/mol. The third-order valence-corrected chi connectivity index (χ3v) is 3.37. The number of rotatable bonds is 5. The Hall–Kier alpha value is -3.01. The number of alkyl halides is 3. The van der Waals surface area contributed by atoms with E-state index < -0.39 is 23.9 Å². The number of halogens is 4. The van der Waals surface area contributed by atoms with Gasteiger partial charge in [-0.05, 0) is 24.3 Å². The van der Waals surface area contributed by atoms with E-state index in [0.29, 0.717) is 0 Å². The van der Waals surface area contributed by atoms with E-state index in [1.807, 2.05) is 0 Å². The van der Waals surface area contributed by atoms with Crippen molar-refractivity contribution in [2.45, 2.75) is 11.9 Å². The number of amides is 2. The highest BCUT2D eigenvalue weighted by Crippen LogP contribution is 2.34. The molecule has 1 aromatic heterocycles. The summed E-state index contributed by atoms with van der Waals surface area (Å²) >= 11 is 5.64. The lowest BCUT2D eigenvalue weighted by molar-refractivity contribution is -0.258. The molecule has 0 aliphatic carbocycles. The number of hydrogen-bond acceptors (Lipinski definition) is 5. The van der Waals surface area contributed by atoms with Gasteiger partial charge in [-0.1, -0.05) is 29.8 Å². The molecule has 7 nitrogen and oxygen atoms in total. The van der Waals surface area contributed by atoms with Gasteiger partial charge in [-0.15, -0.1) is 0 Å². The molecule has 1 unspecified atom stereocenters. The fourth-order valence-corrected chi connectivity index (χ4v) is 2.04. The first-order chi connectivity index (χ1) is 12.7. The first kappa shape index (κ1) is 20.3. The number of ether oxygens (including phenoxy) is 2. The van der Waals surface area contributed by atoms with E-state index in [4.69, 9.17) is 16.3 Å². The van der Waals surface area contributed by atoms with Gasteiger partial charge in [0.1, 0.15) is 11.6 Å². The van der Waals surface area contributed by atoms with Gasteiger partial charge in [-0.3, -0.25) is 10.6 Å². The van der Waals surface area contributed by atoms with E-state index in [1.54, 1.807) is 0 Å². The quantitative estimate of drug-likeness (QED) is 0.590. The fraction of sp³-hybridized carbons (Fsp3) is 0.188. The number of methoxy groups -OCH3 is 1. The number of pyridine rings is 1. The van der Waals surface area contributed by atoms with E-state index in [9.17, 15) is 22.8 Å². The average molecular weight is 404 g/mol. The van der Waals surface area contributed by atoms with Crippen molar-refractivity contribution in [1.82, 2.24) is 10.3 Å². The number of nitrogens with zero attached hydrogens (tertiary/aromatic N) is 1. The zero-order valence-electron chi connectivity index (χ0n) is 13.7. The number of esters is 1. The number of urea groups is 1. The first-order valence-electron chi connectivity index (χ1n) is 7.28. The van der Waals surface area contributed by atoms with Crippen LogP contribution in [0.25, 0.3) is 0 Å². The monoisotopic (exact) mass is 403 g/mol. The lowest BCUT2D eigenvalue weighted by Gasteiger charge is -2.33. The van der Waals surface area contributed by atoms with Crippen molar-refractivity contribution in [1.29, 1.82) is 0 Å². The van der Waals surface area contributed by atoms with Gasteiger partial charge in [-0.2, -0.15) is 13.2 Å². The number of benzene rings is 1. The molecule has 1 atom stereocenters. The van der Waals surface area contributed by atoms with Crippen LogP contribution in [0.4, 0.5) is 23.8 Å². The second kappa shape index (κ2) is 8.12. The van der Waals surface area contributed by atoms with E-state index in [2.05, 4.69) is 15.0 Å². The number of anilines is 1. The Bertz CT molecular complexity index is 803. The van der Waals surface area contributed by atoms with Crippen LogP contribution in [0.3, 0.4) is 0 Å². The van der Waals surface area contributed by atoms with Crippen molar-refractivity contribution in [3.8, 4) is 5.75 Å². The van der Waals surface area contributed by atoms with Crippen LogP contribution in [0.1, 0.15) is 0 Å². The molecule has 144 valence electrons. The van der Waals surface area contributed by atoms with Gasteiger partial charge >= 0.3 is 23.9 Å². The van der Waals surface area contributed by atoms with Crippen LogP contribution in [0.15, 0.2) is 48.7 Å². The summed E-state index contributed by atoms with van der Waals surface area (Å²) in [5, 5.41) is 3.80. The molecule has 2 aromatic rings. The maximum absolute atomic E-state index is 13.7. The second-order valence-electron chi connectivity index (χ2n) is 5.03. The zero-order chi connectivity index (χ0) is 20.1. The maximum Gasteiger partial charge on any atom is 0.460 e. The molecular formula is C16H13ClF3N3O4. The molecule has 2 N–H and O–H groups in total. The van der Waals surface area contributed by atoms with Crippen molar-refractivity contribution >= 4 is 29.4 Å². The minimum absolute atomic E-state index is 0.0995. The minimum Gasteiger partial charge on any atom is -0.464 e. The van der Waals surface area contributed by atoms with Gasteiger partial charge in [0.25, 0.3) is 0 Å². The summed E-state index contributed by atoms with van der Waals surface area (Å²) in [5.41, 5.74) is -3.78. The van der Waals surface area contributed by atoms with Crippen LogP contribution >= 0.6 is 11.6 Å². The molecule has 27 heavy (non-hydrogen) atoms. The van der Waals surface area contributed by atoms with Crippen LogP contribution < -0.4 is 15.4 Å². The molecule has 0 spiro atoms. The van der Waals surface area contributed by atoms with Crippen molar-refractivity contribution in [2.75, 3.05) is 12.4 Å². The average Bonchev–Trinajstić information content (AvgIpc) is 2.62. The first-order valence-corrected chi connectivity index (χ1v) is 7.65. The highest BCUT2D eigenvalue weighted by atomic mass is 35.5.